The smallest absolute Gasteiger partial charge is 0.284 e. The second-order valence-electron chi connectivity index (χ2n) is 3.80. The second-order valence-corrected chi connectivity index (χ2v) is 3.80. The number of nitrogens with one attached hydrogen (secondary N) is 1. The number of hydrogen-bond donors (Lipinski definition) is 2. The predicted molar refractivity (Wildman–Crippen MR) is 61.7 cm³/mol. The first kappa shape index (κ1) is 12.0. The Labute approximate surface area is 103 Å². The van der Waals surface area contributed by atoms with Crippen LogP contribution in [0.15, 0.2) is 29.4 Å². The summed E-state index contributed by atoms with van der Waals surface area (Å²) in [6.45, 7) is 0.389. The Bertz CT molecular complexity index is 542. The number of hydrogen-bond acceptors (Lipinski definition) is 5. The molecule has 2 aliphatic heterocycles. The van der Waals surface area contributed by atoms with Gasteiger partial charge in [-0.3, -0.25) is 25.5 Å². The van der Waals surface area contributed by atoms with Crippen LogP contribution in [0.1, 0.15) is 0 Å². The van der Waals surface area contributed by atoms with Crippen LogP contribution in [0.25, 0.3) is 0 Å². The molecule has 0 aromatic heterocycles. The van der Waals surface area contributed by atoms with Gasteiger partial charge in [0.05, 0.1) is 11.1 Å². The molecule has 8 nitrogen and oxygen atoms in total. The number of amides is 1. The quantitative estimate of drug-likeness (QED) is 0.270. The molecule has 94 valence electrons. The lowest BCUT2D eigenvalue weighted by atomic mass is 10.3. The molecule has 0 unspecified atom stereocenters. The summed E-state index contributed by atoms with van der Waals surface area (Å²) < 4.78 is 1.54. The van der Waals surface area contributed by atoms with Crippen molar-refractivity contribution in [1.29, 1.82) is 0 Å². The summed E-state index contributed by atoms with van der Waals surface area (Å²) in [5.41, 5.74) is 8.01. The Morgan fingerprint density at radius 1 is 1.72 bits per heavy atom. The van der Waals surface area contributed by atoms with Crippen LogP contribution in [0, 0.1) is 10.1 Å². The summed E-state index contributed by atoms with van der Waals surface area (Å²) >= 11 is 0. The number of nitro groups is 1. The minimum absolute atomic E-state index is 0.101. The van der Waals surface area contributed by atoms with Gasteiger partial charge in [-0.2, -0.15) is 0 Å². The SMILES string of the molecule is CN1C(=O)C([N+](=O)[O-])=C([N+]2=CC=C=CC2)N[C@@H]1N. The van der Waals surface area contributed by atoms with Crippen molar-refractivity contribution in [2.45, 2.75) is 6.29 Å². The van der Waals surface area contributed by atoms with E-state index >= 15 is 0 Å². The van der Waals surface area contributed by atoms with Gasteiger partial charge in [0.1, 0.15) is 6.54 Å². The topological polar surface area (TPSA) is 105 Å². The molecule has 0 spiro atoms. The van der Waals surface area contributed by atoms with Crippen molar-refractivity contribution in [2.24, 2.45) is 5.73 Å². The first-order valence-corrected chi connectivity index (χ1v) is 5.21. The molecule has 0 aliphatic carbocycles. The predicted octanol–water partition coefficient (Wildman–Crippen LogP) is -1.46. The normalized spacial score (nSPS) is 23.0. The monoisotopic (exact) mass is 250 g/mol. The number of nitrogens with zero attached hydrogens (tertiary/aromatic N) is 3. The Morgan fingerprint density at radius 3 is 3.00 bits per heavy atom. The molecule has 1 amide bonds. The number of nitrogens with two attached hydrogens (primary N) is 1. The maximum absolute atomic E-state index is 11.9. The van der Waals surface area contributed by atoms with E-state index in [0.717, 1.165) is 4.90 Å². The van der Waals surface area contributed by atoms with Gasteiger partial charge >= 0.3 is 17.4 Å². The largest absolute Gasteiger partial charge is 0.421 e. The van der Waals surface area contributed by atoms with Crippen molar-refractivity contribution >= 4 is 12.1 Å². The van der Waals surface area contributed by atoms with Crippen molar-refractivity contribution in [1.82, 2.24) is 10.2 Å². The Balaban J connectivity index is 2.51. The number of carbonyl (C=O) groups is 1. The summed E-state index contributed by atoms with van der Waals surface area (Å²) in [6, 6.07) is 0. The maximum Gasteiger partial charge on any atom is 0.421 e. The number of carbonyl (C=O) groups excluding carboxylic acids is 1. The summed E-state index contributed by atoms with van der Waals surface area (Å²) in [5, 5.41) is 13.8. The number of likely N-dealkylation sites (N-methyl/N-ethyl adjacent to an activating group) is 1. The van der Waals surface area contributed by atoms with E-state index in [0.29, 0.717) is 6.54 Å². The van der Waals surface area contributed by atoms with Gasteiger partial charge < -0.3 is 0 Å². The molecule has 0 fully saturated rings. The molecular formula is C10H12N5O3+. The van der Waals surface area contributed by atoms with Gasteiger partial charge in [-0.1, -0.05) is 0 Å². The molecule has 0 aromatic carbocycles. The average Bonchev–Trinajstić information content (AvgIpc) is 2.36. The standard InChI is InChI=1S/C10H11N5O3/c1-13-9(16)7(15(17)18)8(12-10(13)11)14-5-3-2-4-6-14/h3-5,10H,6,11H2,1H3/p+1/t10-/m0/s1. The average molecular weight is 250 g/mol. The third kappa shape index (κ3) is 1.90. The van der Waals surface area contributed by atoms with Gasteiger partial charge in [-0.15, -0.1) is 5.73 Å². The van der Waals surface area contributed by atoms with E-state index < -0.39 is 22.8 Å². The maximum atomic E-state index is 11.9. The second kappa shape index (κ2) is 4.44. The molecule has 2 rings (SSSR count). The summed E-state index contributed by atoms with van der Waals surface area (Å²) in [5.74, 6) is -0.613. The molecule has 0 aromatic rings. The van der Waals surface area contributed by atoms with E-state index in [4.69, 9.17) is 5.73 Å². The molecule has 3 N–H and O–H groups in total. The van der Waals surface area contributed by atoms with Gasteiger partial charge in [0.15, 0.2) is 0 Å². The van der Waals surface area contributed by atoms with Crippen molar-refractivity contribution in [2.75, 3.05) is 13.6 Å². The summed E-state index contributed by atoms with van der Waals surface area (Å²) in [4.78, 5) is 23.2. The first-order chi connectivity index (χ1) is 8.52. The van der Waals surface area contributed by atoms with Crippen molar-refractivity contribution in [3.05, 3.63) is 39.5 Å². The highest BCUT2D eigenvalue weighted by atomic mass is 16.6. The Morgan fingerprint density at radius 2 is 2.44 bits per heavy atom. The minimum atomic E-state index is -0.792. The zero-order chi connectivity index (χ0) is 13.3. The molecule has 0 saturated carbocycles. The minimum Gasteiger partial charge on any atom is -0.284 e. The highest BCUT2D eigenvalue weighted by molar-refractivity contribution is 5.92. The lowest BCUT2D eigenvalue weighted by Crippen LogP contribution is -2.59. The van der Waals surface area contributed by atoms with E-state index in [-0.39, 0.29) is 5.82 Å². The third-order valence-corrected chi connectivity index (χ3v) is 2.68. The third-order valence-electron chi connectivity index (χ3n) is 2.68. The fourth-order valence-electron chi connectivity index (χ4n) is 1.66. The number of rotatable bonds is 2. The first-order valence-electron chi connectivity index (χ1n) is 5.21. The molecular weight excluding hydrogens is 238 g/mol. The van der Waals surface area contributed by atoms with Crippen molar-refractivity contribution in [3.8, 4) is 0 Å². The van der Waals surface area contributed by atoms with E-state index in [2.05, 4.69) is 11.0 Å². The van der Waals surface area contributed by atoms with Crippen LogP contribution in [0.3, 0.4) is 0 Å². The molecule has 2 heterocycles. The molecule has 0 saturated heterocycles. The van der Waals surface area contributed by atoms with E-state index in [1.54, 1.807) is 22.9 Å². The fourth-order valence-corrected chi connectivity index (χ4v) is 1.66. The van der Waals surface area contributed by atoms with E-state index in [1.807, 2.05) is 0 Å². The zero-order valence-electron chi connectivity index (χ0n) is 9.66. The lowest BCUT2D eigenvalue weighted by molar-refractivity contribution is -0.497. The molecule has 2 aliphatic rings. The van der Waals surface area contributed by atoms with Crippen molar-refractivity contribution < 1.29 is 14.3 Å². The van der Waals surface area contributed by atoms with Gasteiger partial charge in [-0.25, -0.2) is 9.89 Å². The highest BCUT2D eigenvalue weighted by Crippen LogP contribution is 2.14. The van der Waals surface area contributed by atoms with Gasteiger partial charge in [0, 0.05) is 13.1 Å². The van der Waals surface area contributed by atoms with Crippen LogP contribution in [0.5, 0.6) is 0 Å². The molecule has 0 bridgehead atoms. The van der Waals surface area contributed by atoms with Gasteiger partial charge in [-0.05, 0) is 6.08 Å². The van der Waals surface area contributed by atoms with Crippen LogP contribution < -0.4 is 11.1 Å². The zero-order valence-corrected chi connectivity index (χ0v) is 9.66. The lowest BCUT2D eigenvalue weighted by Gasteiger charge is -2.26. The summed E-state index contributed by atoms with van der Waals surface area (Å²) in [6.07, 6.45) is 4.10. The van der Waals surface area contributed by atoms with Crippen LogP contribution >= 0.6 is 0 Å². The molecule has 8 heteroatoms. The fraction of sp³-hybridized carbons (Fsp3) is 0.300. The molecule has 1 atom stereocenters. The Hall–Kier alpha value is -2.44. The highest BCUT2D eigenvalue weighted by Gasteiger charge is 2.44. The van der Waals surface area contributed by atoms with Gasteiger partial charge in [0.25, 0.3) is 0 Å². The van der Waals surface area contributed by atoms with Gasteiger partial charge in [0.2, 0.25) is 6.29 Å². The van der Waals surface area contributed by atoms with Crippen LogP contribution in [-0.2, 0) is 4.79 Å². The van der Waals surface area contributed by atoms with E-state index in [1.165, 1.54) is 7.05 Å². The Kier molecular flexibility index (Phi) is 2.97. The molecule has 0 radical (unpaired) electrons. The summed E-state index contributed by atoms with van der Waals surface area (Å²) in [7, 11) is 1.40. The van der Waals surface area contributed by atoms with Crippen LogP contribution in [0.4, 0.5) is 0 Å². The van der Waals surface area contributed by atoms with Crippen LogP contribution in [0.2, 0.25) is 0 Å². The van der Waals surface area contributed by atoms with E-state index in [9.17, 15) is 14.9 Å². The van der Waals surface area contributed by atoms with Crippen molar-refractivity contribution in [3.63, 3.8) is 0 Å². The van der Waals surface area contributed by atoms with Crippen LogP contribution in [-0.4, -0.2) is 46.4 Å². The molecule has 18 heavy (non-hydrogen) atoms.